The summed E-state index contributed by atoms with van der Waals surface area (Å²) in [5.41, 5.74) is 6.61. The fourth-order valence-electron chi connectivity index (χ4n) is 1.41. The average Bonchev–Trinajstić information content (AvgIpc) is 2.74. The molecule has 0 saturated heterocycles. The average molecular weight is 256 g/mol. The van der Waals surface area contributed by atoms with Crippen LogP contribution in [-0.2, 0) is 14.9 Å². The van der Waals surface area contributed by atoms with Gasteiger partial charge in [0.05, 0.1) is 24.2 Å². The molecule has 0 bridgehead atoms. The van der Waals surface area contributed by atoms with Gasteiger partial charge in [-0.1, -0.05) is 20.8 Å². The zero-order chi connectivity index (χ0) is 13.1. The Bertz CT molecular complexity index is 382. The SMILES string of the molecule is COC(=O)CC(CN)c1csc(C(C)(C)C)n1. The third kappa shape index (κ3) is 3.78. The molecule has 2 N–H and O–H groups in total. The second kappa shape index (κ2) is 5.60. The van der Waals surface area contributed by atoms with Gasteiger partial charge < -0.3 is 10.5 Å². The van der Waals surface area contributed by atoms with Gasteiger partial charge in [0.15, 0.2) is 0 Å². The molecule has 96 valence electrons. The van der Waals surface area contributed by atoms with Gasteiger partial charge in [-0.05, 0) is 0 Å². The third-order valence-corrected chi connectivity index (χ3v) is 3.79. The maximum absolute atomic E-state index is 11.3. The zero-order valence-corrected chi connectivity index (χ0v) is 11.6. The molecule has 4 nitrogen and oxygen atoms in total. The summed E-state index contributed by atoms with van der Waals surface area (Å²) in [6, 6.07) is 0. The Hall–Kier alpha value is -0.940. The number of nitrogens with zero attached hydrogens (tertiary/aromatic N) is 1. The van der Waals surface area contributed by atoms with E-state index in [9.17, 15) is 4.79 Å². The van der Waals surface area contributed by atoms with Crippen molar-refractivity contribution in [3.8, 4) is 0 Å². The van der Waals surface area contributed by atoms with Gasteiger partial charge in [0, 0.05) is 23.3 Å². The molecule has 17 heavy (non-hydrogen) atoms. The maximum atomic E-state index is 11.3. The van der Waals surface area contributed by atoms with Crippen LogP contribution in [-0.4, -0.2) is 24.6 Å². The second-order valence-electron chi connectivity index (χ2n) is 5.04. The Balaban J connectivity index is 2.83. The summed E-state index contributed by atoms with van der Waals surface area (Å²) in [4.78, 5) is 15.8. The van der Waals surface area contributed by atoms with Crippen LogP contribution < -0.4 is 5.73 Å². The fraction of sp³-hybridized carbons (Fsp3) is 0.667. The van der Waals surface area contributed by atoms with Crippen LogP contribution in [0.5, 0.6) is 0 Å². The van der Waals surface area contributed by atoms with Crippen molar-refractivity contribution in [2.75, 3.05) is 13.7 Å². The topological polar surface area (TPSA) is 65.2 Å². The Labute approximate surface area is 106 Å². The van der Waals surface area contributed by atoms with E-state index in [1.807, 2.05) is 5.38 Å². The lowest BCUT2D eigenvalue weighted by Crippen LogP contribution is -2.18. The van der Waals surface area contributed by atoms with Crippen LogP contribution in [0.3, 0.4) is 0 Å². The minimum atomic E-state index is -0.245. The number of nitrogens with two attached hydrogens (primary N) is 1. The fourth-order valence-corrected chi connectivity index (χ4v) is 2.40. The van der Waals surface area contributed by atoms with Crippen LogP contribution in [0.2, 0.25) is 0 Å². The third-order valence-electron chi connectivity index (χ3n) is 2.51. The van der Waals surface area contributed by atoms with E-state index in [1.54, 1.807) is 11.3 Å². The molecular formula is C12H20N2O2S. The van der Waals surface area contributed by atoms with Gasteiger partial charge in [0.2, 0.25) is 0 Å². The maximum Gasteiger partial charge on any atom is 0.306 e. The highest BCUT2D eigenvalue weighted by molar-refractivity contribution is 7.09. The molecule has 0 aliphatic heterocycles. The summed E-state index contributed by atoms with van der Waals surface area (Å²) in [7, 11) is 1.39. The molecule has 1 rings (SSSR count). The van der Waals surface area contributed by atoms with E-state index in [4.69, 9.17) is 5.73 Å². The first-order valence-corrected chi connectivity index (χ1v) is 6.49. The molecule has 0 aromatic carbocycles. The number of carbonyl (C=O) groups excluding carboxylic acids is 1. The summed E-state index contributed by atoms with van der Waals surface area (Å²) in [5.74, 6) is -0.291. The molecule has 0 saturated carbocycles. The standard InChI is InChI=1S/C12H20N2O2S/c1-12(2,3)11-14-9(7-17-11)8(6-13)5-10(15)16-4/h7-8H,5-6,13H2,1-4H3. The monoisotopic (exact) mass is 256 g/mol. The first-order valence-electron chi connectivity index (χ1n) is 5.61. The van der Waals surface area contributed by atoms with Crippen molar-refractivity contribution in [3.05, 3.63) is 16.1 Å². The number of aromatic nitrogens is 1. The number of methoxy groups -OCH3 is 1. The zero-order valence-electron chi connectivity index (χ0n) is 10.8. The molecule has 0 amide bonds. The van der Waals surface area contributed by atoms with E-state index in [-0.39, 0.29) is 17.3 Å². The lowest BCUT2D eigenvalue weighted by Gasteiger charge is -2.14. The highest BCUT2D eigenvalue weighted by Crippen LogP contribution is 2.29. The largest absolute Gasteiger partial charge is 0.469 e. The van der Waals surface area contributed by atoms with E-state index in [0.29, 0.717) is 13.0 Å². The summed E-state index contributed by atoms with van der Waals surface area (Å²) >= 11 is 1.62. The molecule has 0 spiro atoms. The van der Waals surface area contributed by atoms with E-state index in [0.717, 1.165) is 10.7 Å². The van der Waals surface area contributed by atoms with Crippen molar-refractivity contribution >= 4 is 17.3 Å². The van der Waals surface area contributed by atoms with Gasteiger partial charge in [0.1, 0.15) is 0 Å². The molecular weight excluding hydrogens is 236 g/mol. The first kappa shape index (κ1) is 14.1. The number of hydrogen-bond acceptors (Lipinski definition) is 5. The lowest BCUT2D eigenvalue weighted by molar-refractivity contribution is -0.141. The Morgan fingerprint density at radius 1 is 1.59 bits per heavy atom. The molecule has 1 atom stereocenters. The molecule has 0 fully saturated rings. The quantitative estimate of drug-likeness (QED) is 0.837. The van der Waals surface area contributed by atoms with Crippen LogP contribution in [0.1, 0.15) is 43.8 Å². The van der Waals surface area contributed by atoms with Crippen LogP contribution in [0, 0.1) is 0 Å². The predicted molar refractivity (Wildman–Crippen MR) is 69.2 cm³/mol. The highest BCUT2D eigenvalue weighted by Gasteiger charge is 2.22. The summed E-state index contributed by atoms with van der Waals surface area (Å²) in [5, 5.41) is 3.05. The van der Waals surface area contributed by atoms with Crippen molar-refractivity contribution in [2.24, 2.45) is 5.73 Å². The number of thiazole rings is 1. The van der Waals surface area contributed by atoms with Gasteiger partial charge in [-0.25, -0.2) is 4.98 Å². The minimum absolute atomic E-state index is 0.0351. The molecule has 1 unspecified atom stereocenters. The van der Waals surface area contributed by atoms with Crippen molar-refractivity contribution in [1.82, 2.24) is 4.98 Å². The summed E-state index contributed by atoms with van der Waals surface area (Å²) < 4.78 is 4.66. The molecule has 0 aliphatic carbocycles. The minimum Gasteiger partial charge on any atom is -0.469 e. The summed E-state index contributed by atoms with van der Waals surface area (Å²) in [6.45, 7) is 6.76. The van der Waals surface area contributed by atoms with E-state index in [1.165, 1.54) is 7.11 Å². The van der Waals surface area contributed by atoms with Crippen LogP contribution >= 0.6 is 11.3 Å². The van der Waals surface area contributed by atoms with Crippen LogP contribution in [0.4, 0.5) is 0 Å². The van der Waals surface area contributed by atoms with E-state index in [2.05, 4.69) is 30.5 Å². The number of carbonyl (C=O) groups is 1. The van der Waals surface area contributed by atoms with Gasteiger partial charge in [-0.3, -0.25) is 4.79 Å². The molecule has 0 aliphatic rings. The highest BCUT2D eigenvalue weighted by atomic mass is 32.1. The molecule has 5 heteroatoms. The number of esters is 1. The number of hydrogen-bond donors (Lipinski definition) is 1. The molecule has 1 heterocycles. The van der Waals surface area contributed by atoms with E-state index >= 15 is 0 Å². The van der Waals surface area contributed by atoms with Crippen molar-refractivity contribution in [1.29, 1.82) is 0 Å². The smallest absolute Gasteiger partial charge is 0.306 e. The lowest BCUT2D eigenvalue weighted by atomic mass is 9.97. The second-order valence-corrected chi connectivity index (χ2v) is 5.90. The molecule has 1 aromatic rings. The predicted octanol–water partition coefficient (Wildman–Crippen LogP) is 2.05. The normalized spacial score (nSPS) is 13.5. The Kier molecular flexibility index (Phi) is 4.65. The van der Waals surface area contributed by atoms with Crippen LogP contribution in [0.25, 0.3) is 0 Å². The van der Waals surface area contributed by atoms with Gasteiger partial charge in [-0.15, -0.1) is 11.3 Å². The van der Waals surface area contributed by atoms with Crippen LogP contribution in [0.15, 0.2) is 5.38 Å². The Morgan fingerprint density at radius 2 is 2.24 bits per heavy atom. The van der Waals surface area contributed by atoms with Crippen molar-refractivity contribution in [2.45, 2.75) is 38.5 Å². The first-order chi connectivity index (χ1) is 7.88. The van der Waals surface area contributed by atoms with Gasteiger partial charge in [-0.2, -0.15) is 0 Å². The van der Waals surface area contributed by atoms with Gasteiger partial charge in [0.25, 0.3) is 0 Å². The van der Waals surface area contributed by atoms with Crippen molar-refractivity contribution < 1.29 is 9.53 Å². The summed E-state index contributed by atoms with van der Waals surface area (Å²) in [6.07, 6.45) is 0.292. The van der Waals surface area contributed by atoms with Crippen molar-refractivity contribution in [3.63, 3.8) is 0 Å². The molecule has 1 aromatic heterocycles. The number of ether oxygens (including phenoxy) is 1. The Morgan fingerprint density at radius 3 is 2.65 bits per heavy atom. The number of rotatable bonds is 4. The van der Waals surface area contributed by atoms with E-state index < -0.39 is 0 Å². The molecule has 0 radical (unpaired) electrons. The van der Waals surface area contributed by atoms with Gasteiger partial charge >= 0.3 is 5.97 Å².